The smallest absolute Gasteiger partial charge is 0.0404 e. The fourth-order valence-electron chi connectivity index (χ4n) is 4.67. The Morgan fingerprint density at radius 2 is 1.79 bits per heavy atom. The molecule has 1 aromatic heterocycles. The molecule has 0 unspecified atom stereocenters. The van der Waals surface area contributed by atoms with Crippen LogP contribution in [0, 0.1) is 5.92 Å². The molecule has 1 saturated heterocycles. The zero-order valence-electron chi connectivity index (χ0n) is 18.1. The molecule has 0 saturated carbocycles. The number of allylic oxidation sites excluding steroid dienone is 4. The Hall–Kier alpha value is -1.83. The molecule has 1 aromatic rings. The highest BCUT2D eigenvalue weighted by Crippen LogP contribution is 2.31. The van der Waals surface area contributed by atoms with Crippen molar-refractivity contribution < 1.29 is 0 Å². The van der Waals surface area contributed by atoms with Crippen molar-refractivity contribution in [2.24, 2.45) is 5.92 Å². The van der Waals surface area contributed by atoms with Gasteiger partial charge in [-0.05, 0) is 67.2 Å². The number of aryl methyl sites for hydroxylation is 1. The van der Waals surface area contributed by atoms with Crippen molar-refractivity contribution in [2.45, 2.75) is 78.1 Å². The molecule has 0 radical (unpaired) electrons. The molecule has 2 aliphatic rings. The van der Waals surface area contributed by atoms with Crippen LogP contribution in [0.15, 0.2) is 48.3 Å². The Balaban J connectivity index is 1.56. The highest BCUT2D eigenvalue weighted by molar-refractivity contribution is 5.69. The van der Waals surface area contributed by atoms with Gasteiger partial charge in [-0.25, -0.2) is 0 Å². The van der Waals surface area contributed by atoms with Gasteiger partial charge in [0.25, 0.3) is 0 Å². The SMILES string of the molecule is C=C(C1=CC=C(c2ccc(CCC(CCC)CCC)nc2)CC1)N1CCCC1. The van der Waals surface area contributed by atoms with Crippen LogP contribution in [0.5, 0.6) is 0 Å². The van der Waals surface area contributed by atoms with Crippen LogP contribution in [-0.4, -0.2) is 23.0 Å². The summed E-state index contributed by atoms with van der Waals surface area (Å²) in [4.78, 5) is 7.23. The van der Waals surface area contributed by atoms with E-state index in [1.807, 2.05) is 0 Å². The molecule has 0 amide bonds. The molecule has 2 heterocycles. The Morgan fingerprint density at radius 3 is 2.36 bits per heavy atom. The maximum Gasteiger partial charge on any atom is 0.0404 e. The second-order valence-electron chi connectivity index (χ2n) is 8.54. The van der Waals surface area contributed by atoms with Crippen LogP contribution in [0.2, 0.25) is 0 Å². The molecule has 1 fully saturated rings. The zero-order chi connectivity index (χ0) is 19.8. The Kier molecular flexibility index (Phi) is 7.94. The van der Waals surface area contributed by atoms with Crippen molar-refractivity contribution in [1.82, 2.24) is 9.88 Å². The third-order valence-corrected chi connectivity index (χ3v) is 6.41. The molecule has 2 heteroatoms. The standard InChI is InChI=1S/C26H38N2/c1-4-8-22(9-5-2)10-16-26-17-15-25(20-27-26)24-13-11-23(12-14-24)21(3)28-18-6-7-19-28/h11,13,15,17,20,22H,3-10,12,14,16,18-19H2,1-2H3. The molecule has 0 bridgehead atoms. The molecule has 0 aromatic carbocycles. The van der Waals surface area contributed by atoms with Crippen LogP contribution in [0.4, 0.5) is 0 Å². The number of hydrogen-bond donors (Lipinski definition) is 0. The number of nitrogens with zero attached hydrogens (tertiary/aromatic N) is 2. The van der Waals surface area contributed by atoms with Crippen LogP contribution < -0.4 is 0 Å². The van der Waals surface area contributed by atoms with E-state index in [-0.39, 0.29) is 0 Å². The van der Waals surface area contributed by atoms with Gasteiger partial charge in [-0.15, -0.1) is 0 Å². The van der Waals surface area contributed by atoms with Crippen molar-refractivity contribution in [2.75, 3.05) is 13.1 Å². The van der Waals surface area contributed by atoms with Crippen molar-refractivity contribution in [3.8, 4) is 0 Å². The monoisotopic (exact) mass is 378 g/mol. The normalized spacial score (nSPS) is 17.0. The summed E-state index contributed by atoms with van der Waals surface area (Å²) in [6, 6.07) is 4.52. The summed E-state index contributed by atoms with van der Waals surface area (Å²) in [5.74, 6) is 0.866. The lowest BCUT2D eigenvalue weighted by atomic mass is 9.91. The summed E-state index contributed by atoms with van der Waals surface area (Å²) < 4.78 is 0. The molecule has 28 heavy (non-hydrogen) atoms. The molecule has 3 rings (SSSR count). The molecule has 0 atom stereocenters. The van der Waals surface area contributed by atoms with Gasteiger partial charge in [0.05, 0.1) is 0 Å². The summed E-state index contributed by atoms with van der Waals surface area (Å²) in [5.41, 5.74) is 6.59. The first kappa shape index (κ1) is 20.9. The van der Waals surface area contributed by atoms with E-state index >= 15 is 0 Å². The third kappa shape index (κ3) is 5.59. The number of aromatic nitrogens is 1. The highest BCUT2D eigenvalue weighted by atomic mass is 15.1. The van der Waals surface area contributed by atoms with Gasteiger partial charge in [0.15, 0.2) is 0 Å². The van der Waals surface area contributed by atoms with Gasteiger partial charge in [0, 0.05) is 30.7 Å². The van der Waals surface area contributed by atoms with Crippen LogP contribution in [0.1, 0.15) is 82.9 Å². The van der Waals surface area contributed by atoms with E-state index in [1.54, 1.807) is 0 Å². The van der Waals surface area contributed by atoms with Gasteiger partial charge >= 0.3 is 0 Å². The lowest BCUT2D eigenvalue weighted by Gasteiger charge is -2.24. The van der Waals surface area contributed by atoms with Crippen LogP contribution in [-0.2, 0) is 6.42 Å². The predicted octanol–water partition coefficient (Wildman–Crippen LogP) is 6.94. The zero-order valence-corrected chi connectivity index (χ0v) is 18.1. The van der Waals surface area contributed by atoms with Gasteiger partial charge in [-0.3, -0.25) is 4.98 Å². The maximum atomic E-state index is 4.78. The summed E-state index contributed by atoms with van der Waals surface area (Å²) in [6.07, 6.45) is 19.2. The summed E-state index contributed by atoms with van der Waals surface area (Å²) in [7, 11) is 0. The van der Waals surface area contributed by atoms with Crippen molar-refractivity contribution in [3.05, 3.63) is 59.6 Å². The van der Waals surface area contributed by atoms with Gasteiger partial charge in [-0.1, -0.05) is 64.3 Å². The molecule has 0 N–H and O–H groups in total. The quantitative estimate of drug-likeness (QED) is 0.438. The number of hydrogen-bond acceptors (Lipinski definition) is 2. The topological polar surface area (TPSA) is 16.1 Å². The average molecular weight is 379 g/mol. The minimum atomic E-state index is 0.866. The van der Waals surface area contributed by atoms with E-state index < -0.39 is 0 Å². The summed E-state index contributed by atoms with van der Waals surface area (Å²) in [6.45, 7) is 11.3. The number of pyridine rings is 1. The van der Waals surface area contributed by atoms with Gasteiger partial charge < -0.3 is 4.90 Å². The van der Waals surface area contributed by atoms with Gasteiger partial charge in [0.2, 0.25) is 0 Å². The first-order valence-electron chi connectivity index (χ1n) is 11.5. The van der Waals surface area contributed by atoms with E-state index in [1.165, 1.54) is 86.1 Å². The molecule has 1 aliphatic carbocycles. The summed E-state index contributed by atoms with van der Waals surface area (Å²) in [5, 5.41) is 0. The van der Waals surface area contributed by atoms with Crippen molar-refractivity contribution in [1.29, 1.82) is 0 Å². The van der Waals surface area contributed by atoms with E-state index in [0.717, 1.165) is 25.2 Å². The molecule has 1 aliphatic heterocycles. The first-order valence-corrected chi connectivity index (χ1v) is 11.5. The fourth-order valence-corrected chi connectivity index (χ4v) is 4.67. The molecule has 152 valence electrons. The van der Waals surface area contributed by atoms with E-state index in [9.17, 15) is 0 Å². The van der Waals surface area contributed by atoms with Gasteiger partial charge in [-0.2, -0.15) is 0 Å². The van der Waals surface area contributed by atoms with Gasteiger partial charge in [0.1, 0.15) is 0 Å². The van der Waals surface area contributed by atoms with Crippen LogP contribution >= 0.6 is 0 Å². The number of likely N-dealkylation sites (tertiary alicyclic amines) is 1. The van der Waals surface area contributed by atoms with Crippen LogP contribution in [0.25, 0.3) is 5.57 Å². The first-order chi connectivity index (χ1) is 13.7. The molecule has 0 spiro atoms. The third-order valence-electron chi connectivity index (χ3n) is 6.41. The second-order valence-corrected chi connectivity index (χ2v) is 8.54. The fraction of sp³-hybridized carbons (Fsp3) is 0.577. The Morgan fingerprint density at radius 1 is 1.04 bits per heavy atom. The minimum Gasteiger partial charge on any atom is -0.372 e. The highest BCUT2D eigenvalue weighted by Gasteiger charge is 2.18. The Bertz CT molecular complexity index is 684. The molecular formula is C26H38N2. The lowest BCUT2D eigenvalue weighted by Crippen LogP contribution is -2.19. The lowest BCUT2D eigenvalue weighted by molar-refractivity contribution is 0.410. The second kappa shape index (κ2) is 10.6. The summed E-state index contributed by atoms with van der Waals surface area (Å²) >= 11 is 0. The van der Waals surface area contributed by atoms with E-state index in [2.05, 4.69) is 55.8 Å². The molecule has 2 nitrogen and oxygen atoms in total. The minimum absolute atomic E-state index is 0.866. The van der Waals surface area contributed by atoms with Crippen LogP contribution in [0.3, 0.4) is 0 Å². The Labute approximate surface area is 172 Å². The van der Waals surface area contributed by atoms with E-state index in [0.29, 0.717) is 0 Å². The van der Waals surface area contributed by atoms with Crippen molar-refractivity contribution in [3.63, 3.8) is 0 Å². The number of rotatable bonds is 10. The largest absolute Gasteiger partial charge is 0.372 e. The van der Waals surface area contributed by atoms with Crippen molar-refractivity contribution >= 4 is 5.57 Å². The maximum absolute atomic E-state index is 4.78. The predicted molar refractivity (Wildman–Crippen MR) is 121 cm³/mol. The molecular weight excluding hydrogens is 340 g/mol. The van der Waals surface area contributed by atoms with E-state index in [4.69, 9.17) is 4.98 Å². The average Bonchev–Trinajstić information content (AvgIpc) is 3.27.